The zero-order chi connectivity index (χ0) is 17.1. The number of aryl methyl sites for hydroxylation is 2. The maximum absolute atomic E-state index is 12.8. The molecule has 1 aromatic rings. The van der Waals surface area contributed by atoms with Crippen LogP contribution in [0.15, 0.2) is 18.2 Å². The van der Waals surface area contributed by atoms with Gasteiger partial charge in [0.2, 0.25) is 11.8 Å². The van der Waals surface area contributed by atoms with E-state index in [9.17, 15) is 9.59 Å². The minimum atomic E-state index is -0.161. The van der Waals surface area contributed by atoms with Crippen LogP contribution in [0.1, 0.15) is 23.1 Å². The highest BCUT2D eigenvalue weighted by Crippen LogP contribution is 2.23. The van der Waals surface area contributed by atoms with Crippen molar-refractivity contribution >= 4 is 11.8 Å². The molecule has 24 heavy (non-hydrogen) atoms. The van der Waals surface area contributed by atoms with Gasteiger partial charge >= 0.3 is 0 Å². The largest absolute Gasteiger partial charge is 0.359 e. The first-order valence-electron chi connectivity index (χ1n) is 8.85. The van der Waals surface area contributed by atoms with E-state index < -0.39 is 0 Å². The molecule has 3 rings (SSSR count). The van der Waals surface area contributed by atoms with Crippen molar-refractivity contribution in [3.05, 3.63) is 34.9 Å². The number of nitrogens with one attached hydrogen (secondary N) is 1. The standard InChI is InChI=1S/C19H27N3O2/c1-20-19(24)17-12-21(2)8-9-22(13-17)18(23)11-14-6-7-15-4-3-5-16(15)10-14/h6-7,10,17H,3-5,8-9,11-13H2,1-2H3,(H,20,24). The average Bonchev–Trinajstić information content (AvgIpc) is 2.95. The lowest BCUT2D eigenvalue weighted by atomic mass is 10.0. The van der Waals surface area contributed by atoms with E-state index in [2.05, 4.69) is 28.4 Å². The van der Waals surface area contributed by atoms with Crippen LogP contribution < -0.4 is 5.32 Å². The average molecular weight is 329 g/mol. The van der Waals surface area contributed by atoms with Crippen LogP contribution in [-0.4, -0.2) is 61.9 Å². The predicted molar refractivity (Wildman–Crippen MR) is 93.8 cm³/mol. The van der Waals surface area contributed by atoms with Crippen molar-refractivity contribution in [1.82, 2.24) is 15.1 Å². The first-order chi connectivity index (χ1) is 11.6. The van der Waals surface area contributed by atoms with Crippen LogP contribution >= 0.6 is 0 Å². The van der Waals surface area contributed by atoms with Crippen LogP contribution in [0.2, 0.25) is 0 Å². The number of hydrogen-bond donors (Lipinski definition) is 1. The molecule has 1 saturated heterocycles. The van der Waals surface area contributed by atoms with Crippen molar-refractivity contribution in [2.45, 2.75) is 25.7 Å². The van der Waals surface area contributed by atoms with E-state index >= 15 is 0 Å². The van der Waals surface area contributed by atoms with Crippen molar-refractivity contribution in [3.63, 3.8) is 0 Å². The first-order valence-corrected chi connectivity index (χ1v) is 8.85. The molecule has 5 heteroatoms. The molecule has 0 aromatic heterocycles. The van der Waals surface area contributed by atoms with Crippen LogP contribution in [0.5, 0.6) is 0 Å². The van der Waals surface area contributed by atoms with Gasteiger partial charge in [-0.2, -0.15) is 0 Å². The summed E-state index contributed by atoms with van der Waals surface area (Å²) < 4.78 is 0. The molecule has 1 N–H and O–H groups in total. The fraction of sp³-hybridized carbons (Fsp3) is 0.579. The van der Waals surface area contributed by atoms with Gasteiger partial charge in [-0.15, -0.1) is 0 Å². The van der Waals surface area contributed by atoms with Gasteiger partial charge in [0, 0.05) is 33.2 Å². The van der Waals surface area contributed by atoms with Gasteiger partial charge in [0.15, 0.2) is 0 Å². The van der Waals surface area contributed by atoms with Gasteiger partial charge in [0.05, 0.1) is 12.3 Å². The quantitative estimate of drug-likeness (QED) is 0.895. The molecular weight excluding hydrogens is 302 g/mol. The van der Waals surface area contributed by atoms with Crippen LogP contribution in [0.4, 0.5) is 0 Å². The summed E-state index contributed by atoms with van der Waals surface area (Å²) >= 11 is 0. The van der Waals surface area contributed by atoms with Gasteiger partial charge in [-0.25, -0.2) is 0 Å². The second-order valence-corrected chi connectivity index (χ2v) is 7.05. The number of carbonyl (C=O) groups is 2. The van der Waals surface area contributed by atoms with E-state index in [0.29, 0.717) is 26.1 Å². The van der Waals surface area contributed by atoms with Crippen molar-refractivity contribution < 1.29 is 9.59 Å². The van der Waals surface area contributed by atoms with Gasteiger partial charge in [-0.1, -0.05) is 18.2 Å². The maximum Gasteiger partial charge on any atom is 0.227 e. The Bertz CT molecular complexity index is 629. The molecule has 0 spiro atoms. The van der Waals surface area contributed by atoms with E-state index in [1.54, 1.807) is 7.05 Å². The SMILES string of the molecule is CNC(=O)C1CN(C)CCN(C(=O)Cc2ccc3c(c2)CCC3)C1. The van der Waals surface area contributed by atoms with Gasteiger partial charge in [-0.05, 0) is 43.0 Å². The number of hydrogen-bond acceptors (Lipinski definition) is 3. The zero-order valence-corrected chi connectivity index (χ0v) is 14.7. The number of fused-ring (bicyclic) bond motifs is 1. The molecule has 1 fully saturated rings. The molecule has 1 aromatic carbocycles. The normalized spacial score (nSPS) is 21.2. The molecule has 1 heterocycles. The molecule has 0 bridgehead atoms. The molecule has 1 atom stereocenters. The molecule has 2 aliphatic rings. The number of nitrogens with zero attached hydrogens (tertiary/aromatic N) is 2. The highest BCUT2D eigenvalue weighted by molar-refractivity contribution is 5.82. The smallest absolute Gasteiger partial charge is 0.227 e. The summed E-state index contributed by atoms with van der Waals surface area (Å²) in [6, 6.07) is 6.46. The Morgan fingerprint density at radius 3 is 2.75 bits per heavy atom. The van der Waals surface area contributed by atoms with E-state index in [1.165, 1.54) is 17.5 Å². The third-order valence-corrected chi connectivity index (χ3v) is 5.21. The van der Waals surface area contributed by atoms with Gasteiger partial charge in [0.1, 0.15) is 0 Å². The van der Waals surface area contributed by atoms with E-state index in [1.807, 2.05) is 11.9 Å². The van der Waals surface area contributed by atoms with Crippen LogP contribution in [0.3, 0.4) is 0 Å². The van der Waals surface area contributed by atoms with Crippen LogP contribution in [0.25, 0.3) is 0 Å². The van der Waals surface area contributed by atoms with E-state index in [4.69, 9.17) is 0 Å². The number of rotatable bonds is 3. The lowest BCUT2D eigenvalue weighted by Crippen LogP contribution is -2.41. The molecule has 1 aliphatic carbocycles. The molecular formula is C19H27N3O2. The minimum Gasteiger partial charge on any atom is -0.359 e. The monoisotopic (exact) mass is 329 g/mol. The molecule has 130 valence electrons. The predicted octanol–water partition coefficient (Wildman–Crippen LogP) is 0.854. The lowest BCUT2D eigenvalue weighted by Gasteiger charge is -2.23. The molecule has 5 nitrogen and oxygen atoms in total. The molecule has 2 amide bonds. The summed E-state index contributed by atoms with van der Waals surface area (Å²) in [5.74, 6) is -0.0253. The zero-order valence-electron chi connectivity index (χ0n) is 14.7. The molecule has 0 radical (unpaired) electrons. The highest BCUT2D eigenvalue weighted by Gasteiger charge is 2.28. The fourth-order valence-corrected chi connectivity index (χ4v) is 3.79. The Hall–Kier alpha value is -1.88. The minimum absolute atomic E-state index is 0.0130. The Morgan fingerprint density at radius 1 is 1.17 bits per heavy atom. The molecule has 1 unspecified atom stereocenters. The molecule has 1 aliphatic heterocycles. The Morgan fingerprint density at radius 2 is 1.96 bits per heavy atom. The van der Waals surface area contributed by atoms with Crippen molar-refractivity contribution in [2.24, 2.45) is 5.92 Å². The molecule has 0 saturated carbocycles. The van der Waals surface area contributed by atoms with Gasteiger partial charge < -0.3 is 15.1 Å². The summed E-state index contributed by atoms with van der Waals surface area (Å²) in [6.07, 6.45) is 3.94. The number of amides is 2. The van der Waals surface area contributed by atoms with E-state index in [0.717, 1.165) is 24.9 Å². The summed E-state index contributed by atoms with van der Waals surface area (Å²) in [7, 11) is 3.66. The number of benzene rings is 1. The second kappa shape index (κ2) is 7.34. The lowest BCUT2D eigenvalue weighted by molar-refractivity contribution is -0.132. The van der Waals surface area contributed by atoms with E-state index in [-0.39, 0.29) is 17.7 Å². The summed E-state index contributed by atoms with van der Waals surface area (Å²) in [5.41, 5.74) is 3.93. The number of carbonyl (C=O) groups excluding carboxylic acids is 2. The Labute approximate surface area is 144 Å². The van der Waals surface area contributed by atoms with Gasteiger partial charge in [-0.3, -0.25) is 9.59 Å². The highest BCUT2D eigenvalue weighted by atomic mass is 16.2. The first kappa shape index (κ1) is 17.0. The Balaban J connectivity index is 1.68. The van der Waals surface area contributed by atoms with Crippen LogP contribution in [-0.2, 0) is 28.9 Å². The fourth-order valence-electron chi connectivity index (χ4n) is 3.79. The van der Waals surface area contributed by atoms with Gasteiger partial charge in [0.25, 0.3) is 0 Å². The summed E-state index contributed by atoms with van der Waals surface area (Å²) in [4.78, 5) is 28.8. The second-order valence-electron chi connectivity index (χ2n) is 7.05. The number of likely N-dealkylation sites (N-methyl/N-ethyl adjacent to an activating group) is 1. The Kier molecular flexibility index (Phi) is 5.19. The maximum atomic E-state index is 12.8. The third-order valence-electron chi connectivity index (χ3n) is 5.21. The topological polar surface area (TPSA) is 52.7 Å². The van der Waals surface area contributed by atoms with Crippen molar-refractivity contribution in [2.75, 3.05) is 40.3 Å². The summed E-state index contributed by atoms with van der Waals surface area (Å²) in [6.45, 7) is 2.70. The van der Waals surface area contributed by atoms with Crippen LogP contribution in [0, 0.1) is 5.92 Å². The third kappa shape index (κ3) is 3.78. The summed E-state index contributed by atoms with van der Waals surface area (Å²) in [5, 5.41) is 2.72. The van der Waals surface area contributed by atoms with Crippen molar-refractivity contribution in [1.29, 1.82) is 0 Å². The van der Waals surface area contributed by atoms with Crippen molar-refractivity contribution in [3.8, 4) is 0 Å².